The minimum Gasteiger partial charge on any atom is -0.330 e. The van der Waals surface area contributed by atoms with Crippen molar-refractivity contribution in [1.82, 2.24) is 4.90 Å². The van der Waals surface area contributed by atoms with Gasteiger partial charge < -0.3 is 10.6 Å². The van der Waals surface area contributed by atoms with Gasteiger partial charge in [0.1, 0.15) is 0 Å². The molecule has 0 saturated carbocycles. The summed E-state index contributed by atoms with van der Waals surface area (Å²) in [5.74, 6) is 0. The predicted molar refractivity (Wildman–Crippen MR) is 68.4 cm³/mol. The summed E-state index contributed by atoms with van der Waals surface area (Å²) < 4.78 is 0. The Morgan fingerprint density at radius 1 is 1.27 bits per heavy atom. The summed E-state index contributed by atoms with van der Waals surface area (Å²) in [6.07, 6.45) is 4.89. The van der Waals surface area contributed by atoms with Crippen molar-refractivity contribution in [2.75, 3.05) is 26.7 Å². The molecular weight excluding hydrogens is 204 g/mol. The van der Waals surface area contributed by atoms with Gasteiger partial charge in [-0.2, -0.15) is 0 Å². The number of hydrogen-bond donors (Lipinski definition) is 1. The van der Waals surface area contributed by atoms with Crippen LogP contribution in [-0.4, -0.2) is 31.6 Å². The molecule has 0 aliphatic heterocycles. The van der Waals surface area contributed by atoms with Crippen LogP contribution in [0.15, 0.2) is 17.5 Å². The highest BCUT2D eigenvalue weighted by molar-refractivity contribution is 7.09. The van der Waals surface area contributed by atoms with Crippen molar-refractivity contribution in [1.29, 1.82) is 0 Å². The molecule has 15 heavy (non-hydrogen) atoms. The summed E-state index contributed by atoms with van der Waals surface area (Å²) in [7, 11) is 2.20. The third-order valence-corrected chi connectivity index (χ3v) is 3.50. The van der Waals surface area contributed by atoms with E-state index in [1.807, 2.05) is 11.3 Å². The molecule has 0 unspecified atom stereocenters. The molecule has 3 heteroatoms. The fraction of sp³-hybridized carbons (Fsp3) is 0.667. The van der Waals surface area contributed by atoms with Crippen LogP contribution < -0.4 is 5.73 Å². The van der Waals surface area contributed by atoms with Gasteiger partial charge >= 0.3 is 0 Å². The summed E-state index contributed by atoms with van der Waals surface area (Å²) in [5, 5.41) is 2.15. The summed E-state index contributed by atoms with van der Waals surface area (Å²) in [6, 6.07) is 4.34. The van der Waals surface area contributed by atoms with Gasteiger partial charge in [-0.1, -0.05) is 12.5 Å². The lowest BCUT2D eigenvalue weighted by atomic mass is 10.2. The Kier molecular flexibility index (Phi) is 6.64. The van der Waals surface area contributed by atoms with Crippen LogP contribution in [0, 0.1) is 0 Å². The van der Waals surface area contributed by atoms with Crippen LogP contribution in [0.4, 0.5) is 0 Å². The molecule has 0 aliphatic carbocycles. The van der Waals surface area contributed by atoms with Gasteiger partial charge in [0, 0.05) is 11.4 Å². The van der Waals surface area contributed by atoms with Crippen LogP contribution in [0.5, 0.6) is 0 Å². The fourth-order valence-corrected chi connectivity index (χ4v) is 2.27. The van der Waals surface area contributed by atoms with E-state index in [2.05, 4.69) is 29.5 Å². The van der Waals surface area contributed by atoms with E-state index in [0.29, 0.717) is 0 Å². The van der Waals surface area contributed by atoms with E-state index < -0.39 is 0 Å². The maximum atomic E-state index is 5.46. The first kappa shape index (κ1) is 12.7. The minimum atomic E-state index is 0.832. The maximum Gasteiger partial charge on any atom is 0.00579 e. The van der Waals surface area contributed by atoms with E-state index in [9.17, 15) is 0 Å². The molecule has 1 rings (SSSR count). The molecule has 2 nitrogen and oxygen atoms in total. The maximum absolute atomic E-state index is 5.46. The topological polar surface area (TPSA) is 29.3 Å². The highest BCUT2D eigenvalue weighted by Gasteiger charge is 1.99. The standard InChI is InChI=1S/C12H22N2S/c1-14(9-4-2-3-8-13)10-7-12-6-5-11-15-12/h5-6,11H,2-4,7-10,13H2,1H3. The van der Waals surface area contributed by atoms with E-state index in [-0.39, 0.29) is 0 Å². The Morgan fingerprint density at radius 3 is 2.80 bits per heavy atom. The molecule has 0 atom stereocenters. The van der Waals surface area contributed by atoms with E-state index in [0.717, 1.165) is 6.54 Å². The van der Waals surface area contributed by atoms with Crippen molar-refractivity contribution in [3.63, 3.8) is 0 Å². The molecule has 0 aliphatic rings. The van der Waals surface area contributed by atoms with Gasteiger partial charge in [0.15, 0.2) is 0 Å². The number of hydrogen-bond acceptors (Lipinski definition) is 3. The van der Waals surface area contributed by atoms with Crippen molar-refractivity contribution in [3.05, 3.63) is 22.4 Å². The minimum absolute atomic E-state index is 0.832. The van der Waals surface area contributed by atoms with E-state index in [1.54, 1.807) is 0 Å². The molecule has 0 aromatic carbocycles. The Morgan fingerprint density at radius 2 is 2.13 bits per heavy atom. The number of likely N-dealkylation sites (N-methyl/N-ethyl adjacent to an activating group) is 1. The van der Waals surface area contributed by atoms with Crippen LogP contribution in [0.3, 0.4) is 0 Å². The molecule has 1 aromatic rings. The number of nitrogens with zero attached hydrogens (tertiary/aromatic N) is 1. The van der Waals surface area contributed by atoms with Gasteiger partial charge in [0.25, 0.3) is 0 Å². The molecule has 0 amide bonds. The molecular formula is C12H22N2S. The van der Waals surface area contributed by atoms with Crippen LogP contribution in [0.2, 0.25) is 0 Å². The van der Waals surface area contributed by atoms with Crippen molar-refractivity contribution in [2.45, 2.75) is 25.7 Å². The third-order valence-electron chi connectivity index (χ3n) is 2.56. The summed E-state index contributed by atoms with van der Waals surface area (Å²) >= 11 is 1.85. The highest BCUT2D eigenvalue weighted by atomic mass is 32.1. The predicted octanol–water partition coefficient (Wildman–Crippen LogP) is 2.35. The van der Waals surface area contributed by atoms with Gasteiger partial charge in [-0.25, -0.2) is 0 Å². The van der Waals surface area contributed by atoms with Crippen molar-refractivity contribution < 1.29 is 0 Å². The molecule has 1 heterocycles. The molecule has 0 spiro atoms. The normalized spacial score (nSPS) is 11.1. The van der Waals surface area contributed by atoms with Crippen LogP contribution in [0.1, 0.15) is 24.1 Å². The van der Waals surface area contributed by atoms with Crippen molar-refractivity contribution >= 4 is 11.3 Å². The molecule has 0 radical (unpaired) electrons. The number of rotatable bonds is 8. The summed E-state index contributed by atoms with van der Waals surface area (Å²) in [6.45, 7) is 3.20. The lowest BCUT2D eigenvalue weighted by molar-refractivity contribution is 0.329. The van der Waals surface area contributed by atoms with Crippen molar-refractivity contribution in [3.8, 4) is 0 Å². The molecule has 0 bridgehead atoms. The second-order valence-electron chi connectivity index (χ2n) is 3.98. The zero-order valence-electron chi connectivity index (χ0n) is 9.61. The Hall–Kier alpha value is -0.380. The lowest BCUT2D eigenvalue weighted by Crippen LogP contribution is -2.22. The Balaban J connectivity index is 2.01. The van der Waals surface area contributed by atoms with E-state index >= 15 is 0 Å². The van der Waals surface area contributed by atoms with Gasteiger partial charge in [0.2, 0.25) is 0 Å². The zero-order chi connectivity index (χ0) is 10.9. The largest absolute Gasteiger partial charge is 0.330 e. The average molecular weight is 226 g/mol. The third kappa shape index (κ3) is 5.92. The Labute approximate surface area is 97.1 Å². The van der Waals surface area contributed by atoms with Gasteiger partial charge in [0.05, 0.1) is 0 Å². The van der Waals surface area contributed by atoms with E-state index in [4.69, 9.17) is 5.73 Å². The second kappa shape index (κ2) is 7.85. The monoisotopic (exact) mass is 226 g/mol. The molecule has 0 saturated heterocycles. The summed E-state index contributed by atoms with van der Waals surface area (Å²) in [5.41, 5.74) is 5.46. The molecule has 0 fully saturated rings. The average Bonchev–Trinajstić information content (AvgIpc) is 2.74. The SMILES string of the molecule is CN(CCCCCN)CCc1cccs1. The highest BCUT2D eigenvalue weighted by Crippen LogP contribution is 2.09. The van der Waals surface area contributed by atoms with Gasteiger partial charge in [-0.3, -0.25) is 0 Å². The van der Waals surface area contributed by atoms with Crippen LogP contribution >= 0.6 is 11.3 Å². The van der Waals surface area contributed by atoms with Gasteiger partial charge in [-0.05, 0) is 50.8 Å². The first-order valence-corrected chi connectivity index (χ1v) is 6.62. The zero-order valence-corrected chi connectivity index (χ0v) is 10.4. The van der Waals surface area contributed by atoms with E-state index in [1.165, 1.54) is 43.6 Å². The number of thiophene rings is 1. The smallest absolute Gasteiger partial charge is 0.00579 e. The lowest BCUT2D eigenvalue weighted by Gasteiger charge is -2.15. The van der Waals surface area contributed by atoms with Crippen LogP contribution in [-0.2, 0) is 6.42 Å². The molecule has 1 aromatic heterocycles. The van der Waals surface area contributed by atoms with Gasteiger partial charge in [-0.15, -0.1) is 11.3 Å². The second-order valence-corrected chi connectivity index (χ2v) is 5.01. The number of unbranched alkanes of at least 4 members (excludes halogenated alkanes) is 2. The quantitative estimate of drug-likeness (QED) is 0.689. The van der Waals surface area contributed by atoms with Crippen LogP contribution in [0.25, 0.3) is 0 Å². The molecule has 2 N–H and O–H groups in total. The summed E-state index contributed by atoms with van der Waals surface area (Å²) in [4.78, 5) is 3.90. The fourth-order valence-electron chi connectivity index (χ4n) is 1.57. The first-order valence-electron chi connectivity index (χ1n) is 5.74. The molecule has 86 valence electrons. The Bertz CT molecular complexity index is 234. The number of nitrogens with two attached hydrogens (primary N) is 1. The van der Waals surface area contributed by atoms with Crippen molar-refractivity contribution in [2.24, 2.45) is 5.73 Å². The first-order chi connectivity index (χ1) is 7.33.